The molecule has 0 aliphatic heterocycles. The van der Waals surface area contributed by atoms with Gasteiger partial charge in [0.15, 0.2) is 13.2 Å². The second-order valence-corrected chi connectivity index (χ2v) is 5.07. The minimum absolute atomic E-state index is 0.0949. The Kier molecular flexibility index (Phi) is 8.35. The van der Waals surface area contributed by atoms with Gasteiger partial charge in [-0.25, -0.2) is 0 Å². The zero-order valence-electron chi connectivity index (χ0n) is 12.5. The summed E-state index contributed by atoms with van der Waals surface area (Å²) < 4.78 is 10.6. The molecular weight excluding hydrogens is 355 g/mol. The van der Waals surface area contributed by atoms with Crippen molar-refractivity contribution >= 4 is 35.0 Å². The molecule has 0 radical (unpaired) electrons. The van der Waals surface area contributed by atoms with E-state index < -0.39 is 11.8 Å². The van der Waals surface area contributed by atoms with Crippen molar-refractivity contribution in [1.29, 1.82) is 0 Å². The van der Waals surface area contributed by atoms with Gasteiger partial charge in [-0.3, -0.25) is 9.59 Å². The summed E-state index contributed by atoms with van der Waals surface area (Å²) in [5.74, 6) is 4.07. The molecule has 0 atom stereocenters. The standard InChI is InChI=1S/C16H14Cl2N2O4/c1-3-5-19-15(21)9-23-13-8-14(12(18)7-11(13)17)24-10-16(22)20-6-4-2/h1-2,7-8H,5-6,9-10H2,(H,19,21)(H,20,22). The molecule has 24 heavy (non-hydrogen) atoms. The van der Waals surface area contributed by atoms with Crippen LogP contribution in [-0.4, -0.2) is 38.1 Å². The first-order chi connectivity index (χ1) is 11.5. The summed E-state index contributed by atoms with van der Waals surface area (Å²) >= 11 is 12.0. The van der Waals surface area contributed by atoms with Gasteiger partial charge in [0.25, 0.3) is 11.8 Å². The number of terminal acetylenes is 2. The van der Waals surface area contributed by atoms with Crippen LogP contribution in [0.15, 0.2) is 12.1 Å². The van der Waals surface area contributed by atoms with E-state index in [0.717, 1.165) is 0 Å². The van der Waals surface area contributed by atoms with Crippen LogP contribution in [0, 0.1) is 24.7 Å². The molecule has 0 aliphatic rings. The number of benzene rings is 1. The van der Waals surface area contributed by atoms with Crippen molar-refractivity contribution in [3.63, 3.8) is 0 Å². The van der Waals surface area contributed by atoms with E-state index in [2.05, 4.69) is 22.5 Å². The molecule has 0 heterocycles. The van der Waals surface area contributed by atoms with Crippen LogP contribution < -0.4 is 20.1 Å². The van der Waals surface area contributed by atoms with Gasteiger partial charge >= 0.3 is 0 Å². The molecule has 8 heteroatoms. The molecule has 126 valence electrons. The number of amides is 2. The average molecular weight is 369 g/mol. The lowest BCUT2D eigenvalue weighted by molar-refractivity contribution is -0.123. The van der Waals surface area contributed by atoms with Gasteiger partial charge in [-0.1, -0.05) is 35.0 Å². The van der Waals surface area contributed by atoms with Crippen molar-refractivity contribution in [2.24, 2.45) is 0 Å². The Hall–Kier alpha value is -2.54. The molecule has 2 amide bonds. The highest BCUT2D eigenvalue weighted by Crippen LogP contribution is 2.35. The predicted octanol–water partition coefficient (Wildman–Crippen LogP) is 1.25. The van der Waals surface area contributed by atoms with Crippen LogP contribution >= 0.6 is 23.2 Å². The maximum atomic E-state index is 11.5. The van der Waals surface area contributed by atoms with Gasteiger partial charge in [0.2, 0.25) is 0 Å². The van der Waals surface area contributed by atoms with E-state index in [9.17, 15) is 9.59 Å². The van der Waals surface area contributed by atoms with E-state index in [1.807, 2.05) is 0 Å². The van der Waals surface area contributed by atoms with Crippen LogP contribution in [0.2, 0.25) is 10.0 Å². The molecule has 1 rings (SSSR count). The van der Waals surface area contributed by atoms with Gasteiger partial charge in [0, 0.05) is 6.07 Å². The predicted molar refractivity (Wildman–Crippen MR) is 91.1 cm³/mol. The smallest absolute Gasteiger partial charge is 0.258 e. The number of hydrogen-bond acceptors (Lipinski definition) is 4. The Morgan fingerprint density at radius 1 is 0.917 bits per heavy atom. The van der Waals surface area contributed by atoms with E-state index >= 15 is 0 Å². The van der Waals surface area contributed by atoms with E-state index in [1.165, 1.54) is 12.1 Å². The summed E-state index contributed by atoms with van der Waals surface area (Å²) in [6, 6.07) is 2.76. The number of hydrogen-bond donors (Lipinski definition) is 2. The Labute approximate surface area is 149 Å². The number of carbonyl (C=O) groups is 2. The Morgan fingerprint density at radius 2 is 1.33 bits per heavy atom. The molecule has 1 aromatic carbocycles. The summed E-state index contributed by atoms with van der Waals surface area (Å²) in [4.78, 5) is 22.9. The van der Waals surface area contributed by atoms with Crippen molar-refractivity contribution in [2.45, 2.75) is 0 Å². The topological polar surface area (TPSA) is 76.7 Å². The second-order valence-electron chi connectivity index (χ2n) is 4.25. The van der Waals surface area contributed by atoms with Crippen molar-refractivity contribution in [3.8, 4) is 36.2 Å². The first kappa shape index (κ1) is 19.5. The van der Waals surface area contributed by atoms with E-state index in [-0.39, 0.29) is 47.8 Å². The van der Waals surface area contributed by atoms with Gasteiger partial charge in [-0.05, 0) is 6.07 Å². The van der Waals surface area contributed by atoms with E-state index in [1.54, 1.807) is 0 Å². The molecule has 0 unspecified atom stereocenters. The van der Waals surface area contributed by atoms with Crippen LogP contribution in [0.1, 0.15) is 0 Å². The zero-order valence-corrected chi connectivity index (χ0v) is 14.0. The van der Waals surface area contributed by atoms with Crippen LogP contribution in [0.5, 0.6) is 11.5 Å². The largest absolute Gasteiger partial charge is 0.482 e. The quantitative estimate of drug-likeness (QED) is 0.677. The minimum Gasteiger partial charge on any atom is -0.482 e. The van der Waals surface area contributed by atoms with Gasteiger partial charge < -0.3 is 20.1 Å². The highest BCUT2D eigenvalue weighted by atomic mass is 35.5. The molecule has 0 bridgehead atoms. The molecule has 0 aliphatic carbocycles. The van der Waals surface area contributed by atoms with Crippen molar-refractivity contribution < 1.29 is 19.1 Å². The molecule has 0 fully saturated rings. The highest BCUT2D eigenvalue weighted by molar-refractivity contribution is 6.36. The summed E-state index contributed by atoms with van der Waals surface area (Å²) in [7, 11) is 0. The monoisotopic (exact) mass is 368 g/mol. The maximum Gasteiger partial charge on any atom is 0.258 e. The fraction of sp³-hybridized carbons (Fsp3) is 0.250. The van der Waals surface area contributed by atoms with Crippen molar-refractivity contribution in [1.82, 2.24) is 10.6 Å². The number of ether oxygens (including phenoxy) is 2. The first-order valence-electron chi connectivity index (χ1n) is 6.63. The molecule has 0 spiro atoms. The molecule has 0 saturated heterocycles. The van der Waals surface area contributed by atoms with Crippen LogP contribution in [-0.2, 0) is 9.59 Å². The highest BCUT2D eigenvalue weighted by Gasteiger charge is 2.12. The lowest BCUT2D eigenvalue weighted by Crippen LogP contribution is -2.29. The van der Waals surface area contributed by atoms with Gasteiger partial charge in [-0.15, -0.1) is 12.8 Å². The number of nitrogens with one attached hydrogen (secondary N) is 2. The SMILES string of the molecule is C#CCNC(=O)COc1cc(OCC(=O)NCC#C)c(Cl)cc1Cl. The fourth-order valence-corrected chi connectivity index (χ4v) is 1.91. The van der Waals surface area contributed by atoms with Crippen molar-refractivity contribution in [3.05, 3.63) is 22.2 Å². The summed E-state index contributed by atoms with van der Waals surface area (Å²) in [6.07, 6.45) is 10.1. The fourth-order valence-electron chi connectivity index (χ4n) is 1.42. The third kappa shape index (κ3) is 6.70. The Morgan fingerprint density at radius 3 is 1.71 bits per heavy atom. The van der Waals surface area contributed by atoms with Gasteiger partial charge in [0.05, 0.1) is 23.1 Å². The number of rotatable bonds is 8. The third-order valence-electron chi connectivity index (χ3n) is 2.48. The normalized spacial score (nSPS) is 9.33. The van der Waals surface area contributed by atoms with E-state index in [4.69, 9.17) is 45.5 Å². The van der Waals surface area contributed by atoms with E-state index in [0.29, 0.717) is 0 Å². The van der Waals surface area contributed by atoms with Crippen LogP contribution in [0.4, 0.5) is 0 Å². The Bertz CT molecular complexity index is 637. The molecule has 0 aromatic heterocycles. The zero-order chi connectivity index (χ0) is 17.9. The van der Waals surface area contributed by atoms with Gasteiger partial charge in [-0.2, -0.15) is 0 Å². The molecule has 2 N–H and O–H groups in total. The lowest BCUT2D eigenvalue weighted by atomic mass is 10.3. The minimum atomic E-state index is -0.407. The number of halogens is 2. The Balaban J connectivity index is 2.68. The molecule has 0 saturated carbocycles. The summed E-state index contributed by atoms with van der Waals surface area (Å²) in [6.45, 7) is -0.383. The van der Waals surface area contributed by atoms with Crippen LogP contribution in [0.25, 0.3) is 0 Å². The molecule has 6 nitrogen and oxygen atoms in total. The maximum absolute atomic E-state index is 11.5. The molecule has 1 aromatic rings. The van der Waals surface area contributed by atoms with Crippen LogP contribution in [0.3, 0.4) is 0 Å². The number of carbonyl (C=O) groups excluding carboxylic acids is 2. The first-order valence-corrected chi connectivity index (χ1v) is 7.38. The summed E-state index contributed by atoms with van der Waals surface area (Å²) in [5.41, 5.74) is 0. The molecular formula is C16H14Cl2N2O4. The van der Waals surface area contributed by atoms with Crippen molar-refractivity contribution in [2.75, 3.05) is 26.3 Å². The van der Waals surface area contributed by atoms with Gasteiger partial charge in [0.1, 0.15) is 11.5 Å². The summed E-state index contributed by atoms with van der Waals surface area (Å²) in [5, 5.41) is 5.25. The second kappa shape index (κ2) is 10.3. The third-order valence-corrected chi connectivity index (χ3v) is 3.07. The lowest BCUT2D eigenvalue weighted by Gasteiger charge is -2.12. The average Bonchev–Trinajstić information content (AvgIpc) is 2.56.